The van der Waals surface area contributed by atoms with Gasteiger partial charge in [0.15, 0.2) is 0 Å². The van der Waals surface area contributed by atoms with E-state index in [1.807, 2.05) is 32.9 Å². The second-order valence-electron chi connectivity index (χ2n) is 7.35. The maximum atomic E-state index is 12.5. The Morgan fingerprint density at radius 2 is 1.90 bits per heavy atom. The van der Waals surface area contributed by atoms with Crippen LogP contribution in [-0.4, -0.2) is 25.6 Å². The monoisotopic (exact) mass is 421 g/mol. The van der Waals surface area contributed by atoms with Crippen molar-refractivity contribution in [1.29, 1.82) is 0 Å². The van der Waals surface area contributed by atoms with Crippen LogP contribution in [0.25, 0.3) is 16.5 Å². The maximum Gasteiger partial charge on any atom is 0.338 e. The quantitative estimate of drug-likeness (QED) is 0.285. The third kappa shape index (κ3) is 5.34. The van der Waals surface area contributed by atoms with Crippen LogP contribution in [0, 0.1) is 6.92 Å². The Morgan fingerprint density at radius 1 is 1.16 bits per heavy atom. The molecular formula is C25H27NO5. The first-order chi connectivity index (χ1) is 14.9. The number of unbranched alkanes of at least 4 members (excludes halogenated alkanes) is 1. The normalized spacial score (nSPS) is 11.4. The molecule has 0 unspecified atom stereocenters. The highest BCUT2D eigenvalue weighted by molar-refractivity contribution is 6.05. The van der Waals surface area contributed by atoms with E-state index in [4.69, 9.17) is 13.9 Å². The van der Waals surface area contributed by atoms with Crippen LogP contribution < -0.4 is 10.1 Å². The molecular weight excluding hydrogens is 394 g/mol. The van der Waals surface area contributed by atoms with Crippen LogP contribution in [0.5, 0.6) is 5.75 Å². The van der Waals surface area contributed by atoms with Crippen molar-refractivity contribution in [1.82, 2.24) is 0 Å². The van der Waals surface area contributed by atoms with Gasteiger partial charge >= 0.3 is 5.97 Å². The van der Waals surface area contributed by atoms with Gasteiger partial charge in [-0.25, -0.2) is 4.79 Å². The molecule has 3 rings (SSSR count). The smallest absolute Gasteiger partial charge is 0.338 e. The van der Waals surface area contributed by atoms with Gasteiger partial charge in [0.25, 0.3) is 0 Å². The van der Waals surface area contributed by atoms with E-state index in [9.17, 15) is 9.59 Å². The Bertz CT molecular complexity index is 1110. The molecule has 0 aliphatic rings. The summed E-state index contributed by atoms with van der Waals surface area (Å²) in [7, 11) is 1.59. The zero-order valence-corrected chi connectivity index (χ0v) is 18.3. The Balaban J connectivity index is 1.71. The number of anilines is 1. The van der Waals surface area contributed by atoms with Crippen molar-refractivity contribution in [3.63, 3.8) is 0 Å². The summed E-state index contributed by atoms with van der Waals surface area (Å²) in [5.41, 5.74) is 4.38. The van der Waals surface area contributed by atoms with E-state index in [1.54, 1.807) is 37.6 Å². The van der Waals surface area contributed by atoms with Crippen molar-refractivity contribution in [2.45, 2.75) is 33.6 Å². The number of carbonyl (C=O) groups is 2. The molecule has 0 radical (unpaired) electrons. The van der Waals surface area contributed by atoms with Crippen LogP contribution in [0.4, 0.5) is 5.69 Å². The molecule has 1 N–H and O–H groups in total. The summed E-state index contributed by atoms with van der Waals surface area (Å²) >= 11 is 0. The second-order valence-corrected chi connectivity index (χ2v) is 7.35. The molecule has 0 saturated heterocycles. The fourth-order valence-electron chi connectivity index (χ4n) is 3.19. The number of hydrogen-bond donors (Lipinski definition) is 1. The molecule has 162 valence electrons. The highest BCUT2D eigenvalue weighted by Gasteiger charge is 2.13. The van der Waals surface area contributed by atoms with Crippen LogP contribution in [-0.2, 0) is 9.53 Å². The number of aryl methyl sites for hydroxylation is 1. The summed E-state index contributed by atoms with van der Waals surface area (Å²) < 4.78 is 16.2. The number of amides is 1. The summed E-state index contributed by atoms with van der Waals surface area (Å²) in [6.45, 7) is 6.27. The summed E-state index contributed by atoms with van der Waals surface area (Å²) in [5.74, 6) is -0.00438. The molecule has 1 heterocycles. The molecule has 1 amide bonds. The molecule has 6 nitrogen and oxygen atoms in total. The SMILES string of the molecule is CCCCOC(=O)c1ccc(NC(=O)/C=C(\C)c2cc3c(C)coc3cc2OC)cc1. The van der Waals surface area contributed by atoms with Gasteiger partial charge in [-0.2, -0.15) is 0 Å². The van der Waals surface area contributed by atoms with Crippen molar-refractivity contribution in [3.05, 3.63) is 65.4 Å². The maximum absolute atomic E-state index is 12.5. The minimum Gasteiger partial charge on any atom is -0.496 e. The summed E-state index contributed by atoms with van der Waals surface area (Å²) in [4.78, 5) is 24.5. The number of ether oxygens (including phenoxy) is 2. The van der Waals surface area contributed by atoms with Crippen molar-refractivity contribution in [3.8, 4) is 5.75 Å². The third-order valence-corrected chi connectivity index (χ3v) is 4.98. The van der Waals surface area contributed by atoms with Crippen LogP contribution in [0.3, 0.4) is 0 Å². The van der Waals surface area contributed by atoms with Gasteiger partial charge in [-0.05, 0) is 61.7 Å². The molecule has 0 spiro atoms. The number of nitrogens with one attached hydrogen (secondary N) is 1. The molecule has 0 aliphatic heterocycles. The number of allylic oxidation sites excluding steroid dienone is 1. The predicted octanol–water partition coefficient (Wildman–Crippen LogP) is 5.75. The van der Waals surface area contributed by atoms with Gasteiger partial charge in [-0.15, -0.1) is 0 Å². The Kier molecular flexibility index (Phi) is 7.13. The Morgan fingerprint density at radius 3 is 2.58 bits per heavy atom. The van der Waals surface area contributed by atoms with Gasteiger partial charge in [0.2, 0.25) is 5.91 Å². The average molecular weight is 421 g/mol. The van der Waals surface area contributed by atoms with Crippen LogP contribution in [0.15, 0.2) is 53.2 Å². The number of hydrogen-bond acceptors (Lipinski definition) is 5. The largest absolute Gasteiger partial charge is 0.496 e. The van der Waals surface area contributed by atoms with E-state index in [2.05, 4.69) is 5.32 Å². The van der Waals surface area contributed by atoms with E-state index < -0.39 is 0 Å². The fraction of sp³-hybridized carbons (Fsp3) is 0.280. The van der Waals surface area contributed by atoms with Crippen LogP contribution >= 0.6 is 0 Å². The molecule has 0 fully saturated rings. The lowest BCUT2D eigenvalue weighted by atomic mass is 10.0. The molecule has 0 saturated carbocycles. The lowest BCUT2D eigenvalue weighted by Gasteiger charge is -2.10. The minimum absolute atomic E-state index is 0.276. The average Bonchev–Trinajstić information content (AvgIpc) is 3.13. The number of esters is 1. The molecule has 3 aromatic rings. The van der Waals surface area contributed by atoms with Crippen LogP contribution in [0.2, 0.25) is 0 Å². The summed E-state index contributed by atoms with van der Waals surface area (Å²) in [6, 6.07) is 10.4. The summed E-state index contributed by atoms with van der Waals surface area (Å²) in [6.07, 6.45) is 5.02. The number of rotatable bonds is 8. The van der Waals surface area contributed by atoms with Gasteiger partial charge in [0.05, 0.1) is 25.5 Å². The fourth-order valence-corrected chi connectivity index (χ4v) is 3.19. The minimum atomic E-state index is -0.362. The second kappa shape index (κ2) is 9.98. The topological polar surface area (TPSA) is 77.8 Å². The van der Waals surface area contributed by atoms with Gasteiger partial charge in [-0.3, -0.25) is 4.79 Å². The van der Waals surface area contributed by atoms with E-state index >= 15 is 0 Å². The molecule has 31 heavy (non-hydrogen) atoms. The molecule has 2 aromatic carbocycles. The Hall–Kier alpha value is -3.54. The third-order valence-electron chi connectivity index (χ3n) is 4.98. The zero-order chi connectivity index (χ0) is 22.4. The van der Waals surface area contributed by atoms with E-state index in [0.29, 0.717) is 23.6 Å². The standard InChI is InChI=1S/C25H27NO5/c1-5-6-11-30-25(28)18-7-9-19(10-8-18)26-24(27)12-16(2)20-13-21-17(3)15-31-23(21)14-22(20)29-4/h7-10,12-15H,5-6,11H2,1-4H3,(H,26,27)/b16-12+. The molecule has 0 atom stereocenters. The molecule has 1 aromatic heterocycles. The molecule has 0 bridgehead atoms. The number of carbonyl (C=O) groups excluding carboxylic acids is 2. The van der Waals surface area contributed by atoms with Gasteiger partial charge < -0.3 is 19.2 Å². The highest BCUT2D eigenvalue weighted by atomic mass is 16.5. The van der Waals surface area contributed by atoms with Crippen molar-refractivity contribution >= 4 is 34.1 Å². The van der Waals surface area contributed by atoms with Gasteiger partial charge in [0, 0.05) is 28.8 Å². The highest BCUT2D eigenvalue weighted by Crippen LogP contribution is 2.33. The number of furan rings is 1. The van der Waals surface area contributed by atoms with E-state index in [-0.39, 0.29) is 11.9 Å². The number of benzene rings is 2. The van der Waals surface area contributed by atoms with Crippen molar-refractivity contribution < 1.29 is 23.5 Å². The first-order valence-corrected chi connectivity index (χ1v) is 10.3. The first kappa shape index (κ1) is 22.2. The first-order valence-electron chi connectivity index (χ1n) is 10.3. The predicted molar refractivity (Wildman–Crippen MR) is 121 cm³/mol. The molecule has 0 aliphatic carbocycles. The van der Waals surface area contributed by atoms with Crippen molar-refractivity contribution in [2.75, 3.05) is 19.0 Å². The van der Waals surface area contributed by atoms with Crippen LogP contribution in [0.1, 0.15) is 48.2 Å². The zero-order valence-electron chi connectivity index (χ0n) is 18.3. The Labute approximate surface area is 181 Å². The molecule has 6 heteroatoms. The van der Waals surface area contributed by atoms with E-state index in [1.165, 1.54) is 6.08 Å². The van der Waals surface area contributed by atoms with Crippen molar-refractivity contribution in [2.24, 2.45) is 0 Å². The summed E-state index contributed by atoms with van der Waals surface area (Å²) in [5, 5.41) is 3.79. The number of methoxy groups -OCH3 is 1. The number of fused-ring (bicyclic) bond motifs is 1. The lowest BCUT2D eigenvalue weighted by molar-refractivity contribution is -0.111. The van der Waals surface area contributed by atoms with E-state index in [0.717, 1.165) is 40.5 Å². The van der Waals surface area contributed by atoms with Gasteiger partial charge in [-0.1, -0.05) is 13.3 Å². The van der Waals surface area contributed by atoms with Gasteiger partial charge in [0.1, 0.15) is 11.3 Å². The lowest BCUT2D eigenvalue weighted by Crippen LogP contribution is -2.10.